The summed E-state index contributed by atoms with van der Waals surface area (Å²) < 4.78 is 0. The van der Waals surface area contributed by atoms with Crippen LogP contribution in [0.4, 0.5) is 4.79 Å². The fourth-order valence-corrected chi connectivity index (χ4v) is 2.85. The van der Waals surface area contributed by atoms with Gasteiger partial charge in [-0.05, 0) is 18.8 Å². The van der Waals surface area contributed by atoms with Gasteiger partial charge >= 0.3 is 12.0 Å². The average molecular weight is 254 g/mol. The molecule has 2 N–H and O–H groups in total. The lowest BCUT2D eigenvalue weighted by molar-refractivity contribution is -0.139. The van der Waals surface area contributed by atoms with Crippen molar-refractivity contribution in [3.8, 4) is 0 Å². The number of aliphatic carboxylic acids is 1. The number of urea groups is 1. The Labute approximate surface area is 108 Å². The molecule has 0 aromatic carbocycles. The Morgan fingerprint density at radius 1 is 1.11 bits per heavy atom. The first-order valence-corrected chi connectivity index (χ1v) is 6.89. The zero-order valence-electron chi connectivity index (χ0n) is 10.7. The molecule has 2 amide bonds. The van der Waals surface area contributed by atoms with Crippen LogP contribution in [0.5, 0.6) is 0 Å². The molecule has 0 aromatic heterocycles. The van der Waals surface area contributed by atoms with Crippen molar-refractivity contribution in [3.05, 3.63) is 0 Å². The van der Waals surface area contributed by atoms with E-state index >= 15 is 0 Å². The number of amides is 2. The highest BCUT2D eigenvalue weighted by molar-refractivity contribution is 5.75. The number of hydrogen-bond acceptors (Lipinski definition) is 2. The van der Waals surface area contributed by atoms with Crippen LogP contribution in [0, 0.1) is 11.8 Å². The number of likely N-dealkylation sites (tertiary alicyclic amines) is 1. The summed E-state index contributed by atoms with van der Waals surface area (Å²) in [7, 11) is 0. The van der Waals surface area contributed by atoms with Crippen molar-refractivity contribution < 1.29 is 14.7 Å². The first-order chi connectivity index (χ1) is 8.65. The van der Waals surface area contributed by atoms with Gasteiger partial charge in [0.25, 0.3) is 0 Å². The largest absolute Gasteiger partial charge is 0.481 e. The summed E-state index contributed by atoms with van der Waals surface area (Å²) in [6.07, 6.45) is 6.51. The number of hydrogen-bond donors (Lipinski definition) is 2. The first-order valence-electron chi connectivity index (χ1n) is 6.89. The molecule has 1 saturated carbocycles. The fourth-order valence-electron chi connectivity index (χ4n) is 2.85. The highest BCUT2D eigenvalue weighted by Crippen LogP contribution is 2.23. The minimum absolute atomic E-state index is 0.0257. The van der Waals surface area contributed by atoms with Gasteiger partial charge in [-0.1, -0.05) is 19.3 Å². The van der Waals surface area contributed by atoms with Crippen LogP contribution in [0.15, 0.2) is 0 Å². The third kappa shape index (κ3) is 3.62. The van der Waals surface area contributed by atoms with Crippen molar-refractivity contribution in [2.45, 2.75) is 38.5 Å². The molecule has 0 aromatic rings. The van der Waals surface area contributed by atoms with Crippen molar-refractivity contribution in [2.75, 3.05) is 19.6 Å². The summed E-state index contributed by atoms with van der Waals surface area (Å²) in [6, 6.07) is -0.0257. The molecule has 18 heavy (non-hydrogen) atoms. The minimum Gasteiger partial charge on any atom is -0.481 e. The van der Waals surface area contributed by atoms with E-state index in [4.69, 9.17) is 5.11 Å². The Kier molecular flexibility index (Phi) is 4.44. The normalized spacial score (nSPS) is 21.4. The molecule has 2 aliphatic rings. The van der Waals surface area contributed by atoms with E-state index in [1.54, 1.807) is 4.90 Å². The molecule has 1 aliphatic carbocycles. The maximum Gasteiger partial charge on any atom is 0.317 e. The van der Waals surface area contributed by atoms with Gasteiger partial charge in [-0.15, -0.1) is 0 Å². The van der Waals surface area contributed by atoms with Gasteiger partial charge in [0.15, 0.2) is 0 Å². The lowest BCUT2D eigenvalue weighted by Gasteiger charge is -2.38. The molecule has 2 rings (SSSR count). The Morgan fingerprint density at radius 2 is 1.78 bits per heavy atom. The van der Waals surface area contributed by atoms with Gasteiger partial charge in [0.2, 0.25) is 0 Å². The van der Waals surface area contributed by atoms with E-state index in [0.717, 1.165) is 6.54 Å². The second-order valence-corrected chi connectivity index (χ2v) is 5.56. The Hall–Kier alpha value is -1.26. The maximum atomic E-state index is 11.8. The monoisotopic (exact) mass is 254 g/mol. The van der Waals surface area contributed by atoms with Crippen molar-refractivity contribution in [1.29, 1.82) is 0 Å². The van der Waals surface area contributed by atoms with Crippen LogP contribution in [0.3, 0.4) is 0 Å². The van der Waals surface area contributed by atoms with Crippen molar-refractivity contribution in [2.24, 2.45) is 11.8 Å². The molecule has 2 fully saturated rings. The van der Waals surface area contributed by atoms with Crippen LogP contribution in [-0.2, 0) is 4.79 Å². The van der Waals surface area contributed by atoms with Crippen LogP contribution in [0.2, 0.25) is 0 Å². The van der Waals surface area contributed by atoms with Crippen LogP contribution in [0.25, 0.3) is 0 Å². The summed E-state index contributed by atoms with van der Waals surface area (Å²) in [4.78, 5) is 24.0. The van der Waals surface area contributed by atoms with Crippen molar-refractivity contribution in [1.82, 2.24) is 10.2 Å². The molecule has 5 nitrogen and oxygen atoms in total. The first kappa shape index (κ1) is 13.2. The van der Waals surface area contributed by atoms with Gasteiger partial charge in [0.05, 0.1) is 6.42 Å². The van der Waals surface area contributed by atoms with Gasteiger partial charge in [-0.3, -0.25) is 4.79 Å². The van der Waals surface area contributed by atoms with Crippen LogP contribution in [-0.4, -0.2) is 41.6 Å². The molecule has 0 radical (unpaired) electrons. The number of nitrogens with one attached hydrogen (secondary N) is 1. The molecule has 1 heterocycles. The summed E-state index contributed by atoms with van der Waals surface area (Å²) in [5.74, 6) is 0.00369. The average Bonchev–Trinajstić information content (AvgIpc) is 2.31. The van der Waals surface area contributed by atoms with Crippen molar-refractivity contribution in [3.63, 3.8) is 0 Å². The second kappa shape index (κ2) is 6.07. The minimum atomic E-state index is -0.776. The zero-order valence-corrected chi connectivity index (χ0v) is 10.7. The van der Waals surface area contributed by atoms with E-state index in [0.29, 0.717) is 19.0 Å². The van der Waals surface area contributed by atoms with E-state index in [9.17, 15) is 9.59 Å². The number of carboxylic acid groups (broad SMARTS) is 1. The van der Waals surface area contributed by atoms with E-state index in [-0.39, 0.29) is 18.4 Å². The summed E-state index contributed by atoms with van der Waals surface area (Å²) >= 11 is 0. The molecule has 0 atom stereocenters. The highest BCUT2D eigenvalue weighted by Gasteiger charge is 2.32. The van der Waals surface area contributed by atoms with Crippen LogP contribution < -0.4 is 5.32 Å². The lowest BCUT2D eigenvalue weighted by atomic mass is 9.89. The Bertz CT molecular complexity index is 307. The molecular formula is C13H22N2O3. The number of carbonyl (C=O) groups excluding carboxylic acids is 1. The standard InChI is InChI=1S/C13H22N2O3/c16-12(17)6-11-8-15(9-11)13(18)14-7-10-4-2-1-3-5-10/h10-11H,1-9H2,(H,14,18)(H,16,17). The van der Waals surface area contributed by atoms with Crippen LogP contribution >= 0.6 is 0 Å². The quantitative estimate of drug-likeness (QED) is 0.802. The summed E-state index contributed by atoms with van der Waals surface area (Å²) in [6.45, 7) is 1.95. The highest BCUT2D eigenvalue weighted by atomic mass is 16.4. The summed E-state index contributed by atoms with van der Waals surface area (Å²) in [5.41, 5.74) is 0. The molecular weight excluding hydrogens is 232 g/mol. The number of rotatable bonds is 4. The van der Waals surface area contributed by atoms with E-state index in [1.165, 1.54) is 32.1 Å². The molecule has 1 saturated heterocycles. The van der Waals surface area contributed by atoms with Crippen LogP contribution in [0.1, 0.15) is 38.5 Å². The maximum absolute atomic E-state index is 11.8. The van der Waals surface area contributed by atoms with E-state index < -0.39 is 5.97 Å². The predicted molar refractivity (Wildman–Crippen MR) is 67.3 cm³/mol. The molecule has 102 valence electrons. The Morgan fingerprint density at radius 3 is 2.39 bits per heavy atom. The number of carboxylic acids is 1. The van der Waals surface area contributed by atoms with Gasteiger partial charge in [0, 0.05) is 25.6 Å². The molecule has 0 spiro atoms. The SMILES string of the molecule is O=C(O)CC1CN(C(=O)NCC2CCCCC2)C1. The molecule has 1 aliphatic heterocycles. The third-order valence-electron chi connectivity index (χ3n) is 3.97. The van der Waals surface area contributed by atoms with Gasteiger partial charge in [0.1, 0.15) is 0 Å². The van der Waals surface area contributed by atoms with E-state index in [1.807, 2.05) is 0 Å². The third-order valence-corrected chi connectivity index (χ3v) is 3.97. The smallest absolute Gasteiger partial charge is 0.317 e. The van der Waals surface area contributed by atoms with Gasteiger partial charge < -0.3 is 15.3 Å². The number of carbonyl (C=O) groups is 2. The lowest BCUT2D eigenvalue weighted by Crippen LogP contribution is -2.54. The zero-order chi connectivity index (χ0) is 13.0. The molecule has 0 bridgehead atoms. The molecule has 0 unspecified atom stereocenters. The van der Waals surface area contributed by atoms with Crippen molar-refractivity contribution >= 4 is 12.0 Å². The fraction of sp³-hybridized carbons (Fsp3) is 0.846. The van der Waals surface area contributed by atoms with E-state index in [2.05, 4.69) is 5.32 Å². The summed E-state index contributed by atoms with van der Waals surface area (Å²) in [5, 5.41) is 11.6. The Balaban J connectivity index is 1.60. The van der Waals surface area contributed by atoms with Gasteiger partial charge in [-0.25, -0.2) is 4.79 Å². The predicted octanol–water partition coefficient (Wildman–Crippen LogP) is 1.68. The second-order valence-electron chi connectivity index (χ2n) is 5.56. The number of nitrogens with zero attached hydrogens (tertiary/aromatic N) is 1. The molecule has 5 heteroatoms. The topological polar surface area (TPSA) is 69.6 Å². The van der Waals surface area contributed by atoms with Gasteiger partial charge in [-0.2, -0.15) is 0 Å².